The van der Waals surface area contributed by atoms with Gasteiger partial charge in [0.15, 0.2) is 0 Å². The quantitative estimate of drug-likeness (QED) is 0.586. The van der Waals surface area contributed by atoms with E-state index in [0.29, 0.717) is 11.6 Å². The van der Waals surface area contributed by atoms with Crippen molar-refractivity contribution in [3.8, 4) is 0 Å². The number of benzene rings is 1. The molecule has 0 bridgehead atoms. The Bertz CT molecular complexity index is 707. The highest BCUT2D eigenvalue weighted by Crippen LogP contribution is 2.17. The lowest BCUT2D eigenvalue weighted by atomic mass is 10.2. The van der Waals surface area contributed by atoms with Crippen LogP contribution in [0, 0.1) is 6.92 Å². The summed E-state index contributed by atoms with van der Waals surface area (Å²) >= 11 is 7.46. The minimum Gasteiger partial charge on any atom is -0.354 e. The number of hydrogen-bond donors (Lipinski definition) is 2. The van der Waals surface area contributed by atoms with Gasteiger partial charge in [-0.15, -0.1) is 11.8 Å². The summed E-state index contributed by atoms with van der Waals surface area (Å²) in [4.78, 5) is 28.6. The molecule has 126 valence electrons. The van der Waals surface area contributed by atoms with E-state index in [0.717, 1.165) is 10.6 Å². The number of rotatable bonds is 7. The van der Waals surface area contributed by atoms with Crippen LogP contribution in [0.3, 0.4) is 0 Å². The number of aromatic nitrogens is 1. The minimum atomic E-state index is -0.429. The highest BCUT2D eigenvalue weighted by Gasteiger charge is 2.09. The highest BCUT2D eigenvalue weighted by molar-refractivity contribution is 7.99. The van der Waals surface area contributed by atoms with Crippen LogP contribution in [-0.2, 0) is 4.79 Å². The van der Waals surface area contributed by atoms with Crippen molar-refractivity contribution in [3.05, 3.63) is 58.9 Å². The maximum atomic E-state index is 11.8. The number of nitrogens with zero attached hydrogens (tertiary/aromatic N) is 1. The first-order valence-electron chi connectivity index (χ1n) is 7.40. The van der Waals surface area contributed by atoms with Gasteiger partial charge in [0.05, 0.1) is 6.54 Å². The van der Waals surface area contributed by atoms with E-state index < -0.39 is 5.91 Å². The fourth-order valence-electron chi connectivity index (χ4n) is 1.84. The maximum Gasteiger partial charge on any atom is 0.270 e. The summed E-state index contributed by atoms with van der Waals surface area (Å²) in [6, 6.07) is 11.3. The summed E-state index contributed by atoms with van der Waals surface area (Å²) in [5, 5.41) is 5.70. The van der Waals surface area contributed by atoms with Crippen molar-refractivity contribution in [1.82, 2.24) is 15.6 Å². The molecule has 5 nitrogen and oxygen atoms in total. The number of thioether (sulfide) groups is 1. The Hall–Kier alpha value is -2.05. The normalized spacial score (nSPS) is 10.2. The summed E-state index contributed by atoms with van der Waals surface area (Å²) < 4.78 is 0. The second kappa shape index (κ2) is 9.30. The topological polar surface area (TPSA) is 71.1 Å². The third kappa shape index (κ3) is 6.22. The van der Waals surface area contributed by atoms with E-state index in [-0.39, 0.29) is 18.1 Å². The summed E-state index contributed by atoms with van der Waals surface area (Å²) in [6.45, 7) is 2.48. The molecule has 24 heavy (non-hydrogen) atoms. The average Bonchev–Trinajstić information content (AvgIpc) is 2.58. The molecule has 0 fully saturated rings. The molecule has 0 aliphatic rings. The second-order valence-electron chi connectivity index (χ2n) is 5.05. The predicted octanol–water partition coefficient (Wildman–Crippen LogP) is 2.68. The van der Waals surface area contributed by atoms with E-state index in [1.807, 2.05) is 6.92 Å². The molecule has 2 N–H and O–H groups in total. The van der Waals surface area contributed by atoms with E-state index in [1.165, 1.54) is 17.8 Å². The summed E-state index contributed by atoms with van der Waals surface area (Å²) in [5.41, 5.74) is 1.41. The molecule has 1 aromatic carbocycles. The van der Waals surface area contributed by atoms with Crippen LogP contribution in [0.25, 0.3) is 0 Å². The Labute approximate surface area is 150 Å². The number of aryl methyl sites for hydroxylation is 1. The van der Waals surface area contributed by atoms with E-state index in [2.05, 4.69) is 39.9 Å². The molecule has 1 heterocycles. The Morgan fingerprint density at radius 2 is 1.92 bits per heavy atom. The maximum absolute atomic E-state index is 11.8. The van der Waals surface area contributed by atoms with Gasteiger partial charge in [0.2, 0.25) is 5.91 Å². The first kappa shape index (κ1) is 18.3. The number of carbonyl (C=O) groups is 2. The van der Waals surface area contributed by atoms with E-state index in [9.17, 15) is 9.59 Å². The molecular weight excluding hydrogens is 346 g/mol. The van der Waals surface area contributed by atoms with Crippen molar-refractivity contribution >= 4 is 35.2 Å². The predicted molar refractivity (Wildman–Crippen MR) is 96.5 cm³/mol. The van der Waals surface area contributed by atoms with Gasteiger partial charge in [0.1, 0.15) is 5.69 Å². The smallest absolute Gasteiger partial charge is 0.270 e. The molecule has 0 saturated heterocycles. The molecule has 0 atom stereocenters. The van der Waals surface area contributed by atoms with Crippen LogP contribution in [0.2, 0.25) is 5.02 Å². The van der Waals surface area contributed by atoms with Gasteiger partial charge in [-0.3, -0.25) is 14.6 Å². The largest absolute Gasteiger partial charge is 0.354 e. The van der Waals surface area contributed by atoms with Crippen molar-refractivity contribution in [2.24, 2.45) is 0 Å². The van der Waals surface area contributed by atoms with Crippen molar-refractivity contribution < 1.29 is 9.59 Å². The fraction of sp³-hybridized carbons (Fsp3) is 0.235. The molecule has 2 aromatic rings. The van der Waals surface area contributed by atoms with Gasteiger partial charge in [-0.1, -0.05) is 29.3 Å². The second-order valence-corrected chi connectivity index (χ2v) is 6.66. The Kier molecular flexibility index (Phi) is 7.08. The number of amides is 2. The van der Waals surface area contributed by atoms with Gasteiger partial charge < -0.3 is 10.6 Å². The molecule has 2 amide bonds. The third-order valence-corrected chi connectivity index (χ3v) is 4.33. The fourth-order valence-corrected chi connectivity index (χ4v) is 2.76. The van der Waals surface area contributed by atoms with Gasteiger partial charge in [-0.2, -0.15) is 0 Å². The zero-order valence-electron chi connectivity index (χ0n) is 13.2. The zero-order chi connectivity index (χ0) is 17.4. The molecule has 1 aromatic heterocycles. The molecule has 0 unspecified atom stereocenters. The number of carbonyl (C=O) groups excluding carboxylic acids is 2. The lowest BCUT2D eigenvalue weighted by molar-refractivity contribution is -0.120. The Morgan fingerprint density at radius 3 is 2.62 bits per heavy atom. The number of halogens is 1. The van der Waals surface area contributed by atoms with Crippen LogP contribution in [0.5, 0.6) is 0 Å². The first-order valence-corrected chi connectivity index (χ1v) is 8.77. The SMILES string of the molecule is Cc1ccc(SCCNC(=O)CNC(=O)c2cc(Cl)ccn2)cc1. The van der Waals surface area contributed by atoms with E-state index in [4.69, 9.17) is 11.6 Å². The number of nitrogens with one attached hydrogen (secondary N) is 2. The molecule has 0 aliphatic heterocycles. The van der Waals surface area contributed by atoms with Crippen LogP contribution >= 0.6 is 23.4 Å². The van der Waals surface area contributed by atoms with Crippen LogP contribution < -0.4 is 10.6 Å². The number of hydrogen-bond acceptors (Lipinski definition) is 4. The number of pyridine rings is 1. The van der Waals surface area contributed by atoms with Gasteiger partial charge >= 0.3 is 0 Å². The molecule has 0 spiro atoms. The standard InChI is InChI=1S/C17H18ClN3O2S/c1-12-2-4-14(5-3-12)24-9-8-20-16(22)11-21-17(23)15-10-13(18)6-7-19-15/h2-7,10H,8-9,11H2,1H3,(H,20,22)(H,21,23). The van der Waals surface area contributed by atoms with Crippen LogP contribution in [0.4, 0.5) is 0 Å². The van der Waals surface area contributed by atoms with Crippen LogP contribution in [-0.4, -0.2) is 35.6 Å². The molecule has 7 heteroatoms. The van der Waals surface area contributed by atoms with E-state index in [1.54, 1.807) is 17.8 Å². The zero-order valence-corrected chi connectivity index (χ0v) is 14.8. The third-order valence-electron chi connectivity index (χ3n) is 3.08. The minimum absolute atomic E-state index is 0.0950. The average molecular weight is 364 g/mol. The molecule has 0 saturated carbocycles. The lowest BCUT2D eigenvalue weighted by Gasteiger charge is -2.07. The lowest BCUT2D eigenvalue weighted by Crippen LogP contribution is -2.38. The van der Waals surface area contributed by atoms with Crippen molar-refractivity contribution in [3.63, 3.8) is 0 Å². The Morgan fingerprint density at radius 1 is 1.17 bits per heavy atom. The van der Waals surface area contributed by atoms with Gasteiger partial charge in [0.25, 0.3) is 5.91 Å². The Balaban J connectivity index is 1.64. The summed E-state index contributed by atoms with van der Waals surface area (Å²) in [6.07, 6.45) is 1.44. The van der Waals surface area contributed by atoms with Crippen LogP contribution in [0.1, 0.15) is 16.1 Å². The summed E-state index contributed by atoms with van der Waals surface area (Å²) in [5.74, 6) is 0.0926. The van der Waals surface area contributed by atoms with E-state index >= 15 is 0 Å². The van der Waals surface area contributed by atoms with Gasteiger partial charge in [-0.05, 0) is 31.2 Å². The molecular formula is C17H18ClN3O2S. The van der Waals surface area contributed by atoms with Gasteiger partial charge in [-0.25, -0.2) is 0 Å². The van der Waals surface area contributed by atoms with Crippen molar-refractivity contribution in [2.75, 3.05) is 18.8 Å². The summed E-state index contributed by atoms with van der Waals surface area (Å²) in [7, 11) is 0. The van der Waals surface area contributed by atoms with Crippen molar-refractivity contribution in [1.29, 1.82) is 0 Å². The molecule has 2 rings (SSSR count). The first-order chi connectivity index (χ1) is 11.5. The van der Waals surface area contributed by atoms with Crippen LogP contribution in [0.15, 0.2) is 47.5 Å². The monoisotopic (exact) mass is 363 g/mol. The van der Waals surface area contributed by atoms with Gasteiger partial charge in [0, 0.05) is 28.4 Å². The molecule has 0 radical (unpaired) electrons. The van der Waals surface area contributed by atoms with Crippen molar-refractivity contribution in [2.45, 2.75) is 11.8 Å². The highest BCUT2D eigenvalue weighted by atomic mass is 35.5. The molecule has 0 aliphatic carbocycles.